The lowest BCUT2D eigenvalue weighted by molar-refractivity contribution is -0.384. The van der Waals surface area contributed by atoms with E-state index in [2.05, 4.69) is 6.92 Å². The first-order chi connectivity index (χ1) is 11.5. The highest BCUT2D eigenvalue weighted by molar-refractivity contribution is 8.00. The molecule has 0 unspecified atom stereocenters. The van der Waals surface area contributed by atoms with E-state index in [1.54, 1.807) is 16.7 Å². The zero-order chi connectivity index (χ0) is 17.3. The Morgan fingerprint density at radius 3 is 2.83 bits per heavy atom. The normalized spacial score (nSPS) is 17.1. The summed E-state index contributed by atoms with van der Waals surface area (Å²) in [6.07, 6.45) is 0.848. The molecule has 1 heterocycles. The highest BCUT2D eigenvalue weighted by Crippen LogP contribution is 2.38. The van der Waals surface area contributed by atoms with Crippen LogP contribution in [0.2, 0.25) is 5.02 Å². The van der Waals surface area contributed by atoms with Gasteiger partial charge in [-0.15, -0.1) is 11.8 Å². The van der Waals surface area contributed by atoms with Crippen LogP contribution in [0, 0.1) is 10.1 Å². The maximum absolute atomic E-state index is 13.0. The quantitative estimate of drug-likeness (QED) is 0.569. The van der Waals surface area contributed by atoms with Crippen LogP contribution < -0.4 is 4.90 Å². The molecule has 0 aliphatic carbocycles. The molecule has 3 rings (SSSR count). The standard InChI is InChI=1S/C17H15ClN2O3S/c1-11-8-9-19(14-4-2-3-5-16(14)24-11)17(21)12-6-7-13(18)15(10-12)20(22)23/h2-7,10-11H,8-9H2,1H3/t11-/m1/s1. The Balaban J connectivity index is 2.01. The van der Waals surface area contributed by atoms with E-state index in [9.17, 15) is 14.9 Å². The van der Waals surface area contributed by atoms with Crippen molar-refractivity contribution in [1.29, 1.82) is 0 Å². The molecule has 5 nitrogen and oxygen atoms in total. The van der Waals surface area contributed by atoms with Gasteiger partial charge in [0, 0.05) is 28.3 Å². The lowest BCUT2D eigenvalue weighted by Gasteiger charge is -2.22. The van der Waals surface area contributed by atoms with Crippen LogP contribution in [0.3, 0.4) is 0 Å². The molecule has 1 atom stereocenters. The number of hydrogen-bond acceptors (Lipinski definition) is 4. The van der Waals surface area contributed by atoms with Crippen LogP contribution in [0.25, 0.3) is 0 Å². The summed E-state index contributed by atoms with van der Waals surface area (Å²) in [7, 11) is 0. The number of nitro groups is 1. The van der Waals surface area contributed by atoms with Gasteiger partial charge in [0.15, 0.2) is 0 Å². The molecule has 0 fully saturated rings. The monoisotopic (exact) mass is 362 g/mol. The first kappa shape index (κ1) is 16.8. The number of benzene rings is 2. The topological polar surface area (TPSA) is 63.5 Å². The fourth-order valence-electron chi connectivity index (χ4n) is 2.64. The molecule has 24 heavy (non-hydrogen) atoms. The van der Waals surface area contributed by atoms with Crippen molar-refractivity contribution in [2.75, 3.05) is 11.4 Å². The molecule has 1 aliphatic rings. The minimum absolute atomic E-state index is 0.0250. The molecule has 1 amide bonds. The second-order valence-electron chi connectivity index (χ2n) is 5.56. The van der Waals surface area contributed by atoms with E-state index in [4.69, 9.17) is 11.6 Å². The van der Waals surface area contributed by atoms with Crippen molar-refractivity contribution < 1.29 is 9.72 Å². The summed E-state index contributed by atoms with van der Waals surface area (Å²) in [5.74, 6) is -0.253. The number of amides is 1. The Morgan fingerprint density at radius 2 is 2.08 bits per heavy atom. The van der Waals surface area contributed by atoms with E-state index >= 15 is 0 Å². The summed E-state index contributed by atoms with van der Waals surface area (Å²) in [6.45, 7) is 2.70. The first-order valence-electron chi connectivity index (χ1n) is 7.49. The minimum atomic E-state index is -0.576. The average molecular weight is 363 g/mol. The van der Waals surface area contributed by atoms with Crippen molar-refractivity contribution in [2.45, 2.75) is 23.5 Å². The second kappa shape index (κ2) is 6.83. The van der Waals surface area contributed by atoms with Crippen molar-refractivity contribution in [3.63, 3.8) is 0 Å². The number of anilines is 1. The molecule has 0 bridgehead atoms. The minimum Gasteiger partial charge on any atom is -0.307 e. The number of fused-ring (bicyclic) bond motifs is 1. The number of halogens is 1. The largest absolute Gasteiger partial charge is 0.307 e. The SMILES string of the molecule is C[C@@H]1CCN(C(=O)c2ccc(Cl)c([N+](=O)[O-])c2)c2ccccc2S1. The van der Waals surface area contributed by atoms with E-state index in [1.165, 1.54) is 18.2 Å². The lowest BCUT2D eigenvalue weighted by Crippen LogP contribution is -2.32. The zero-order valence-corrected chi connectivity index (χ0v) is 14.5. The number of carbonyl (C=O) groups excluding carboxylic acids is 1. The number of nitro benzene ring substituents is 1. The smallest absolute Gasteiger partial charge is 0.288 e. The first-order valence-corrected chi connectivity index (χ1v) is 8.74. The van der Waals surface area contributed by atoms with Crippen molar-refractivity contribution in [2.24, 2.45) is 0 Å². The summed E-state index contributed by atoms with van der Waals surface area (Å²) in [4.78, 5) is 26.2. The predicted octanol–water partition coefficient (Wildman–Crippen LogP) is 4.78. The van der Waals surface area contributed by atoms with E-state index < -0.39 is 4.92 Å². The van der Waals surface area contributed by atoms with Crippen LogP contribution in [0.1, 0.15) is 23.7 Å². The van der Waals surface area contributed by atoms with Crippen molar-refractivity contribution >= 4 is 40.6 Å². The van der Waals surface area contributed by atoms with Crippen LogP contribution in [0.4, 0.5) is 11.4 Å². The van der Waals surface area contributed by atoms with Gasteiger partial charge in [0.2, 0.25) is 0 Å². The summed E-state index contributed by atoms with van der Waals surface area (Å²) in [5.41, 5.74) is 0.850. The summed E-state index contributed by atoms with van der Waals surface area (Å²) < 4.78 is 0. The van der Waals surface area contributed by atoms with Crippen molar-refractivity contribution in [3.05, 3.63) is 63.2 Å². The van der Waals surface area contributed by atoms with Crippen LogP contribution in [0.5, 0.6) is 0 Å². The molecule has 2 aromatic carbocycles. The van der Waals surface area contributed by atoms with E-state index in [0.717, 1.165) is 17.0 Å². The maximum atomic E-state index is 13.0. The van der Waals surface area contributed by atoms with Crippen molar-refractivity contribution in [3.8, 4) is 0 Å². The summed E-state index contributed by atoms with van der Waals surface area (Å²) in [5, 5.41) is 11.5. The van der Waals surface area contributed by atoms with Gasteiger partial charge in [-0.2, -0.15) is 0 Å². The van der Waals surface area contributed by atoms with Crippen LogP contribution in [-0.2, 0) is 0 Å². The van der Waals surface area contributed by atoms with Gasteiger partial charge < -0.3 is 4.90 Å². The van der Waals surface area contributed by atoms with Crippen molar-refractivity contribution in [1.82, 2.24) is 0 Å². The fourth-order valence-corrected chi connectivity index (χ4v) is 3.94. The molecular formula is C17H15ClN2O3S. The van der Waals surface area contributed by atoms with Gasteiger partial charge in [0.05, 0.1) is 10.6 Å². The Kier molecular flexibility index (Phi) is 4.78. The maximum Gasteiger partial charge on any atom is 0.288 e. The molecule has 124 valence electrons. The van der Waals surface area contributed by atoms with Gasteiger partial charge in [0.25, 0.3) is 11.6 Å². The molecule has 0 radical (unpaired) electrons. The predicted molar refractivity (Wildman–Crippen MR) is 96.2 cm³/mol. The van der Waals surface area contributed by atoms with Crippen LogP contribution in [-0.4, -0.2) is 22.6 Å². The van der Waals surface area contributed by atoms with Gasteiger partial charge in [-0.05, 0) is 30.7 Å². The third kappa shape index (κ3) is 3.25. The Labute approximate surface area is 148 Å². The number of hydrogen-bond donors (Lipinski definition) is 0. The highest BCUT2D eigenvalue weighted by atomic mass is 35.5. The lowest BCUT2D eigenvalue weighted by atomic mass is 10.1. The molecule has 0 saturated carbocycles. The van der Waals surface area contributed by atoms with E-state index in [-0.39, 0.29) is 22.2 Å². The van der Waals surface area contributed by atoms with Gasteiger partial charge in [-0.1, -0.05) is 30.7 Å². The molecule has 1 aliphatic heterocycles. The summed E-state index contributed by atoms with van der Waals surface area (Å²) in [6, 6.07) is 11.9. The Morgan fingerprint density at radius 1 is 1.33 bits per heavy atom. The molecule has 0 aromatic heterocycles. The van der Waals surface area contributed by atoms with Gasteiger partial charge in [-0.3, -0.25) is 14.9 Å². The number of nitrogens with zero attached hydrogens (tertiary/aromatic N) is 2. The van der Waals surface area contributed by atoms with Crippen LogP contribution >= 0.6 is 23.4 Å². The van der Waals surface area contributed by atoms with Gasteiger partial charge >= 0.3 is 0 Å². The molecule has 0 saturated heterocycles. The molecule has 2 aromatic rings. The van der Waals surface area contributed by atoms with E-state index in [1.807, 2.05) is 24.3 Å². The third-order valence-corrected chi connectivity index (χ3v) is 5.44. The summed E-state index contributed by atoms with van der Waals surface area (Å²) >= 11 is 7.57. The third-order valence-electron chi connectivity index (χ3n) is 3.88. The number of para-hydroxylation sites is 1. The number of rotatable bonds is 2. The zero-order valence-electron chi connectivity index (χ0n) is 12.9. The average Bonchev–Trinajstić information content (AvgIpc) is 2.72. The number of thioether (sulfide) groups is 1. The molecule has 7 heteroatoms. The van der Waals surface area contributed by atoms with E-state index in [0.29, 0.717) is 11.8 Å². The second-order valence-corrected chi connectivity index (χ2v) is 7.45. The highest BCUT2D eigenvalue weighted by Gasteiger charge is 2.26. The van der Waals surface area contributed by atoms with Gasteiger partial charge in [0.1, 0.15) is 5.02 Å². The molecule has 0 N–H and O–H groups in total. The molecular weight excluding hydrogens is 348 g/mol. The fraction of sp³-hybridized carbons (Fsp3) is 0.235. The Bertz CT molecular complexity index is 812. The molecule has 0 spiro atoms. The van der Waals surface area contributed by atoms with Crippen LogP contribution in [0.15, 0.2) is 47.4 Å². The van der Waals surface area contributed by atoms with Gasteiger partial charge in [-0.25, -0.2) is 0 Å². The Hall–Kier alpha value is -2.05. The number of carbonyl (C=O) groups is 1.